The minimum Gasteiger partial charge on any atom is -0.369 e. The molecule has 2 aromatic heterocycles. The van der Waals surface area contributed by atoms with Crippen LogP contribution in [-0.4, -0.2) is 68.6 Å². The van der Waals surface area contributed by atoms with E-state index in [1.165, 1.54) is 11.6 Å². The lowest BCUT2D eigenvalue weighted by Crippen LogP contribution is -2.48. The molecule has 0 N–H and O–H groups in total. The van der Waals surface area contributed by atoms with Crippen molar-refractivity contribution in [1.82, 2.24) is 23.6 Å². The molecule has 1 aromatic carbocycles. The number of aryl methyl sites for hydroxylation is 1. The molecule has 1 atom stereocenters. The fraction of sp³-hybridized carbons (Fsp3) is 0.478. The Morgan fingerprint density at radius 2 is 1.79 bits per heavy atom. The van der Waals surface area contributed by atoms with Crippen LogP contribution in [0, 0.1) is 0 Å². The zero-order chi connectivity index (χ0) is 24.1. The van der Waals surface area contributed by atoms with Crippen molar-refractivity contribution in [1.29, 1.82) is 0 Å². The second-order valence-corrected chi connectivity index (χ2v) is 9.45. The molecular weight excluding hydrogens is 456 g/mol. The van der Waals surface area contributed by atoms with E-state index in [-0.39, 0.29) is 17.3 Å². The summed E-state index contributed by atoms with van der Waals surface area (Å²) < 4.78 is 4.47. The molecule has 0 radical (unpaired) electrons. The third-order valence-electron chi connectivity index (χ3n) is 6.95. The largest absolute Gasteiger partial charge is 0.369 e. The van der Waals surface area contributed by atoms with E-state index in [0.717, 1.165) is 53.7 Å². The first-order valence-corrected chi connectivity index (χ1v) is 11.9. The van der Waals surface area contributed by atoms with Gasteiger partial charge in [0.2, 0.25) is 5.95 Å². The van der Waals surface area contributed by atoms with Crippen molar-refractivity contribution >= 4 is 40.1 Å². The minimum atomic E-state index is -0.387. The summed E-state index contributed by atoms with van der Waals surface area (Å²) in [5.41, 5.74) is 2.14. The number of nitrogens with zero attached hydrogens (tertiary/aromatic N) is 8. The number of benzene rings is 1. The Morgan fingerprint density at radius 3 is 2.50 bits per heavy atom. The lowest BCUT2D eigenvalue weighted by molar-refractivity contribution is 0.262. The van der Waals surface area contributed by atoms with E-state index in [9.17, 15) is 9.59 Å². The molecule has 1 saturated heterocycles. The molecule has 1 unspecified atom stereocenters. The van der Waals surface area contributed by atoms with Crippen molar-refractivity contribution < 1.29 is 0 Å². The average Bonchev–Trinajstić information content (AvgIpc) is 3.24. The molecule has 0 bridgehead atoms. The fourth-order valence-corrected chi connectivity index (χ4v) is 4.93. The van der Waals surface area contributed by atoms with Crippen LogP contribution in [0.4, 0.5) is 11.6 Å². The zero-order valence-corrected chi connectivity index (χ0v) is 20.7. The minimum absolute atomic E-state index is 0.123. The van der Waals surface area contributed by atoms with Crippen molar-refractivity contribution in [2.24, 2.45) is 19.2 Å². The topological polar surface area (TPSA) is 83.9 Å². The van der Waals surface area contributed by atoms with Crippen LogP contribution < -0.4 is 21.2 Å². The van der Waals surface area contributed by atoms with Gasteiger partial charge in [0.25, 0.3) is 5.56 Å². The van der Waals surface area contributed by atoms with Gasteiger partial charge in [-0.2, -0.15) is 10.1 Å². The van der Waals surface area contributed by atoms with Crippen LogP contribution in [0.25, 0.3) is 11.2 Å². The van der Waals surface area contributed by atoms with Gasteiger partial charge in [-0.25, -0.2) is 9.80 Å². The number of anilines is 2. The third-order valence-corrected chi connectivity index (χ3v) is 7.18. The summed E-state index contributed by atoms with van der Waals surface area (Å²) in [4.78, 5) is 34.9. The summed E-state index contributed by atoms with van der Waals surface area (Å²) in [7, 11) is 3.14. The van der Waals surface area contributed by atoms with Gasteiger partial charge in [-0.1, -0.05) is 17.7 Å². The van der Waals surface area contributed by atoms with E-state index < -0.39 is 0 Å². The fourth-order valence-electron chi connectivity index (χ4n) is 4.75. The van der Waals surface area contributed by atoms with E-state index in [4.69, 9.17) is 21.7 Å². The van der Waals surface area contributed by atoms with Gasteiger partial charge in [-0.15, -0.1) is 0 Å². The molecule has 0 saturated carbocycles. The molecule has 180 valence electrons. The molecule has 1 fully saturated rings. The molecule has 11 heteroatoms. The van der Waals surface area contributed by atoms with Gasteiger partial charge in [0.05, 0.1) is 18.3 Å². The van der Waals surface area contributed by atoms with Crippen molar-refractivity contribution in [3.63, 3.8) is 0 Å². The molecule has 4 heterocycles. The number of aromatic nitrogens is 4. The number of hydrogen-bond acceptors (Lipinski definition) is 7. The monoisotopic (exact) mass is 484 g/mol. The number of hydrazone groups is 1. The number of piperazine rings is 1. The van der Waals surface area contributed by atoms with Crippen molar-refractivity contribution in [3.8, 4) is 0 Å². The highest BCUT2D eigenvalue weighted by molar-refractivity contribution is 6.30. The molecule has 0 aliphatic carbocycles. The summed E-state index contributed by atoms with van der Waals surface area (Å²) in [5, 5.41) is 7.40. The standard InChI is InChI=1S/C23H29ClN8O2/c1-15-16(2)32-19-20(27(3)23(34)28(4)21(19)33)25-22(32)31(26-15)13-10-29-8-11-30(12-9-29)18-7-5-6-17(24)14-18/h5-7,14,16H,8-13H2,1-4H3. The molecule has 34 heavy (non-hydrogen) atoms. The Morgan fingerprint density at radius 1 is 1.06 bits per heavy atom. The molecule has 2 aliphatic heterocycles. The Kier molecular flexibility index (Phi) is 5.73. The molecule has 0 spiro atoms. The first-order chi connectivity index (χ1) is 16.3. The van der Waals surface area contributed by atoms with Gasteiger partial charge in [0.15, 0.2) is 11.2 Å². The van der Waals surface area contributed by atoms with E-state index >= 15 is 0 Å². The molecule has 0 amide bonds. The molecule has 2 aliphatic rings. The molecular formula is C23H29ClN8O2. The molecule has 3 aromatic rings. The first-order valence-electron chi connectivity index (χ1n) is 11.5. The highest BCUT2D eigenvalue weighted by Crippen LogP contribution is 2.29. The van der Waals surface area contributed by atoms with E-state index in [1.54, 1.807) is 7.05 Å². The number of hydrogen-bond donors (Lipinski definition) is 0. The predicted molar refractivity (Wildman–Crippen MR) is 135 cm³/mol. The maximum atomic E-state index is 13.0. The molecule has 5 rings (SSSR count). The predicted octanol–water partition coefficient (Wildman–Crippen LogP) is 1.67. The first kappa shape index (κ1) is 22.7. The van der Waals surface area contributed by atoms with Gasteiger partial charge in [-0.05, 0) is 32.0 Å². The van der Waals surface area contributed by atoms with Crippen LogP contribution in [0.15, 0.2) is 39.0 Å². The number of rotatable bonds is 4. The lowest BCUT2D eigenvalue weighted by Gasteiger charge is -2.37. The van der Waals surface area contributed by atoms with Gasteiger partial charge in [0, 0.05) is 57.5 Å². The smallest absolute Gasteiger partial charge is 0.332 e. The van der Waals surface area contributed by atoms with Crippen LogP contribution in [0.3, 0.4) is 0 Å². The van der Waals surface area contributed by atoms with E-state index in [0.29, 0.717) is 23.7 Å². The maximum absolute atomic E-state index is 13.0. The van der Waals surface area contributed by atoms with Gasteiger partial charge in [-0.3, -0.25) is 23.4 Å². The maximum Gasteiger partial charge on any atom is 0.332 e. The summed E-state index contributed by atoms with van der Waals surface area (Å²) in [5.74, 6) is 0.601. The average molecular weight is 485 g/mol. The van der Waals surface area contributed by atoms with Crippen LogP contribution in [-0.2, 0) is 14.1 Å². The summed E-state index contributed by atoms with van der Waals surface area (Å²) in [6, 6.07) is 7.85. The van der Waals surface area contributed by atoms with Gasteiger partial charge < -0.3 is 4.90 Å². The Hall–Kier alpha value is -3.11. The van der Waals surface area contributed by atoms with E-state index in [1.807, 2.05) is 41.6 Å². The second-order valence-electron chi connectivity index (χ2n) is 9.01. The quantitative estimate of drug-likeness (QED) is 0.560. The van der Waals surface area contributed by atoms with Crippen LogP contribution in [0.5, 0.6) is 0 Å². The Bertz CT molecular complexity index is 1400. The normalized spacial score (nSPS) is 19.0. The summed E-state index contributed by atoms with van der Waals surface area (Å²) >= 11 is 6.16. The van der Waals surface area contributed by atoms with Crippen LogP contribution in [0.2, 0.25) is 5.02 Å². The number of halogens is 1. The van der Waals surface area contributed by atoms with Crippen molar-refractivity contribution in [3.05, 3.63) is 50.1 Å². The van der Waals surface area contributed by atoms with Crippen molar-refractivity contribution in [2.45, 2.75) is 19.9 Å². The number of imidazole rings is 1. The van der Waals surface area contributed by atoms with E-state index in [2.05, 4.69) is 15.9 Å². The highest BCUT2D eigenvalue weighted by atomic mass is 35.5. The summed E-state index contributed by atoms with van der Waals surface area (Å²) in [6.07, 6.45) is 0. The Balaban J connectivity index is 1.36. The van der Waals surface area contributed by atoms with Gasteiger partial charge in [0.1, 0.15) is 0 Å². The Labute approximate surface area is 202 Å². The highest BCUT2D eigenvalue weighted by Gasteiger charge is 2.30. The van der Waals surface area contributed by atoms with Crippen molar-refractivity contribution in [2.75, 3.05) is 49.2 Å². The second kappa shape index (κ2) is 8.59. The lowest BCUT2D eigenvalue weighted by atomic mass is 10.2. The summed E-state index contributed by atoms with van der Waals surface area (Å²) in [6.45, 7) is 9.14. The third kappa shape index (κ3) is 3.70. The molecule has 10 nitrogen and oxygen atoms in total. The SMILES string of the molecule is CC1=NN(CCN2CCN(c3cccc(Cl)c3)CC2)c2nc3c(c(=O)n(C)c(=O)n3C)n2C1C. The zero-order valence-electron chi connectivity index (χ0n) is 19.9. The van der Waals surface area contributed by atoms with Crippen LogP contribution in [0.1, 0.15) is 19.9 Å². The number of fused-ring (bicyclic) bond motifs is 3. The van der Waals surface area contributed by atoms with Gasteiger partial charge >= 0.3 is 5.69 Å². The van der Waals surface area contributed by atoms with Crippen LogP contribution >= 0.6 is 11.6 Å².